The first-order valence-electron chi connectivity index (χ1n) is 9.30. The minimum absolute atomic E-state index is 0. The molecule has 1 heterocycles. The van der Waals surface area contributed by atoms with E-state index in [2.05, 4.69) is 72.2 Å². The summed E-state index contributed by atoms with van der Waals surface area (Å²) in [5.41, 5.74) is 5.73. The van der Waals surface area contributed by atoms with Crippen LogP contribution in [0.1, 0.15) is 29.0 Å². The molecule has 1 saturated heterocycles. The predicted molar refractivity (Wildman–Crippen MR) is 112 cm³/mol. The zero-order chi connectivity index (χ0) is 16.5. The van der Waals surface area contributed by atoms with Crippen LogP contribution in [0, 0.1) is 19.8 Å². The maximum Gasteiger partial charge on any atom is 0.0396 e. The quantitative estimate of drug-likeness (QED) is 0.726. The standard InChI is InChI=1S/C22H28N2.BrH/c1-17-8-9-22(18(2)14-17)24-12-10-23(11-13-24)16-20-15-21(20)19-6-4-3-5-7-19;/h3-9,14,20-21H,10-13,15-16H2,1-2H3;1H. The van der Waals surface area contributed by atoms with Gasteiger partial charge in [0.25, 0.3) is 0 Å². The molecule has 25 heavy (non-hydrogen) atoms. The molecule has 4 rings (SSSR count). The number of hydrogen-bond donors (Lipinski definition) is 0. The zero-order valence-electron chi connectivity index (χ0n) is 15.3. The molecular weight excluding hydrogens is 372 g/mol. The Morgan fingerprint density at radius 2 is 1.64 bits per heavy atom. The maximum atomic E-state index is 2.67. The van der Waals surface area contributed by atoms with Gasteiger partial charge in [-0.25, -0.2) is 0 Å². The van der Waals surface area contributed by atoms with Gasteiger partial charge in [0.15, 0.2) is 0 Å². The third kappa shape index (κ3) is 4.27. The molecule has 2 nitrogen and oxygen atoms in total. The lowest BCUT2D eigenvalue weighted by Gasteiger charge is -2.37. The van der Waals surface area contributed by atoms with Crippen molar-refractivity contribution in [3.8, 4) is 0 Å². The summed E-state index contributed by atoms with van der Waals surface area (Å²) in [6.45, 7) is 10.4. The smallest absolute Gasteiger partial charge is 0.0396 e. The lowest BCUT2D eigenvalue weighted by atomic mass is 10.1. The first kappa shape index (κ1) is 18.5. The number of anilines is 1. The molecule has 2 aromatic rings. The average molecular weight is 401 g/mol. The monoisotopic (exact) mass is 400 g/mol. The normalized spacial score (nSPS) is 23.2. The largest absolute Gasteiger partial charge is 0.369 e. The summed E-state index contributed by atoms with van der Waals surface area (Å²) in [6, 6.07) is 17.9. The Morgan fingerprint density at radius 3 is 2.32 bits per heavy atom. The number of hydrogen-bond acceptors (Lipinski definition) is 2. The van der Waals surface area contributed by atoms with E-state index >= 15 is 0 Å². The van der Waals surface area contributed by atoms with E-state index in [9.17, 15) is 0 Å². The van der Waals surface area contributed by atoms with E-state index in [0.717, 1.165) is 24.9 Å². The van der Waals surface area contributed by atoms with Crippen LogP contribution in [0.25, 0.3) is 0 Å². The highest BCUT2D eigenvalue weighted by atomic mass is 79.9. The minimum Gasteiger partial charge on any atom is -0.369 e. The van der Waals surface area contributed by atoms with Crippen molar-refractivity contribution in [3.63, 3.8) is 0 Å². The van der Waals surface area contributed by atoms with Crippen molar-refractivity contribution in [2.75, 3.05) is 37.6 Å². The molecule has 2 aromatic carbocycles. The van der Waals surface area contributed by atoms with Crippen molar-refractivity contribution in [1.29, 1.82) is 0 Å². The third-order valence-corrected chi connectivity index (χ3v) is 5.71. The Morgan fingerprint density at radius 1 is 0.920 bits per heavy atom. The second kappa shape index (κ2) is 7.92. The molecule has 0 aromatic heterocycles. The highest BCUT2D eigenvalue weighted by Gasteiger charge is 2.39. The Labute approximate surface area is 162 Å². The second-order valence-electron chi connectivity index (χ2n) is 7.59. The molecule has 0 bridgehead atoms. The first-order chi connectivity index (χ1) is 11.7. The van der Waals surface area contributed by atoms with E-state index in [1.807, 2.05) is 0 Å². The summed E-state index contributed by atoms with van der Waals surface area (Å²) in [7, 11) is 0. The van der Waals surface area contributed by atoms with Crippen molar-refractivity contribution < 1.29 is 0 Å². The number of piperazine rings is 1. The average Bonchev–Trinajstić information content (AvgIpc) is 3.36. The van der Waals surface area contributed by atoms with Gasteiger partial charge in [-0.1, -0.05) is 48.0 Å². The summed E-state index contributed by atoms with van der Waals surface area (Å²) in [6.07, 6.45) is 1.38. The Hall–Kier alpha value is -1.32. The highest BCUT2D eigenvalue weighted by molar-refractivity contribution is 8.93. The number of nitrogens with zero attached hydrogens (tertiary/aromatic N) is 2. The fourth-order valence-corrected chi connectivity index (χ4v) is 4.22. The molecule has 2 atom stereocenters. The molecule has 0 amide bonds. The molecule has 0 radical (unpaired) electrons. The van der Waals surface area contributed by atoms with Crippen LogP contribution in [-0.2, 0) is 0 Å². The maximum absolute atomic E-state index is 2.67. The van der Waals surface area contributed by atoms with E-state index in [0.29, 0.717) is 0 Å². The van der Waals surface area contributed by atoms with Crippen molar-refractivity contribution >= 4 is 22.7 Å². The molecule has 1 saturated carbocycles. The van der Waals surface area contributed by atoms with Crippen LogP contribution in [0.2, 0.25) is 0 Å². The van der Waals surface area contributed by atoms with E-state index in [1.165, 1.54) is 48.4 Å². The minimum atomic E-state index is 0. The first-order valence-corrected chi connectivity index (χ1v) is 9.30. The third-order valence-electron chi connectivity index (χ3n) is 5.71. The van der Waals surface area contributed by atoms with Gasteiger partial charge in [0.2, 0.25) is 0 Å². The second-order valence-corrected chi connectivity index (χ2v) is 7.59. The molecule has 1 aliphatic carbocycles. The molecule has 1 aliphatic heterocycles. The van der Waals surface area contributed by atoms with E-state index in [-0.39, 0.29) is 17.0 Å². The van der Waals surface area contributed by atoms with Crippen LogP contribution in [-0.4, -0.2) is 37.6 Å². The van der Waals surface area contributed by atoms with E-state index in [1.54, 1.807) is 0 Å². The van der Waals surface area contributed by atoms with Crippen LogP contribution in [0.4, 0.5) is 5.69 Å². The summed E-state index contributed by atoms with van der Waals surface area (Å²) >= 11 is 0. The van der Waals surface area contributed by atoms with E-state index in [4.69, 9.17) is 0 Å². The van der Waals surface area contributed by atoms with Crippen LogP contribution in [0.15, 0.2) is 48.5 Å². The molecule has 2 fully saturated rings. The molecule has 134 valence electrons. The van der Waals surface area contributed by atoms with Crippen LogP contribution in [0.3, 0.4) is 0 Å². The summed E-state index contributed by atoms with van der Waals surface area (Å²) < 4.78 is 0. The van der Waals surface area contributed by atoms with Crippen molar-refractivity contribution in [1.82, 2.24) is 4.90 Å². The fraction of sp³-hybridized carbons (Fsp3) is 0.455. The van der Waals surface area contributed by atoms with Gasteiger partial charge in [-0.3, -0.25) is 4.90 Å². The number of aryl methyl sites for hydroxylation is 2. The molecular formula is C22H29BrN2. The summed E-state index contributed by atoms with van der Waals surface area (Å²) in [4.78, 5) is 5.24. The molecule has 0 spiro atoms. The number of halogens is 1. The van der Waals surface area contributed by atoms with Gasteiger partial charge in [0.05, 0.1) is 0 Å². The number of rotatable bonds is 4. The molecule has 2 aliphatic rings. The lowest BCUT2D eigenvalue weighted by molar-refractivity contribution is 0.246. The highest BCUT2D eigenvalue weighted by Crippen LogP contribution is 2.47. The van der Waals surface area contributed by atoms with Crippen molar-refractivity contribution in [2.45, 2.75) is 26.2 Å². The van der Waals surface area contributed by atoms with Gasteiger partial charge in [-0.15, -0.1) is 17.0 Å². The van der Waals surface area contributed by atoms with Gasteiger partial charge in [-0.05, 0) is 49.3 Å². The van der Waals surface area contributed by atoms with Crippen LogP contribution < -0.4 is 4.90 Å². The van der Waals surface area contributed by atoms with Gasteiger partial charge in [0.1, 0.15) is 0 Å². The van der Waals surface area contributed by atoms with Crippen molar-refractivity contribution in [3.05, 3.63) is 65.2 Å². The fourth-order valence-electron chi connectivity index (χ4n) is 4.22. The Kier molecular flexibility index (Phi) is 5.85. The zero-order valence-corrected chi connectivity index (χ0v) is 17.0. The van der Waals surface area contributed by atoms with Gasteiger partial charge >= 0.3 is 0 Å². The van der Waals surface area contributed by atoms with Crippen LogP contribution in [0.5, 0.6) is 0 Å². The Balaban J connectivity index is 0.00000182. The molecule has 0 N–H and O–H groups in total. The van der Waals surface area contributed by atoms with Crippen LogP contribution >= 0.6 is 17.0 Å². The Bertz CT molecular complexity index is 692. The topological polar surface area (TPSA) is 6.48 Å². The van der Waals surface area contributed by atoms with Gasteiger partial charge in [-0.2, -0.15) is 0 Å². The summed E-state index contributed by atoms with van der Waals surface area (Å²) in [5, 5.41) is 0. The molecule has 3 heteroatoms. The SMILES string of the molecule is Br.Cc1ccc(N2CCN(CC3CC3c3ccccc3)CC2)c(C)c1. The van der Waals surface area contributed by atoms with Gasteiger partial charge < -0.3 is 4.90 Å². The number of benzene rings is 2. The summed E-state index contributed by atoms with van der Waals surface area (Å²) in [5.74, 6) is 1.68. The van der Waals surface area contributed by atoms with E-state index < -0.39 is 0 Å². The molecule has 2 unspecified atom stereocenters. The predicted octanol–water partition coefficient (Wildman–Crippen LogP) is 4.81. The van der Waals surface area contributed by atoms with Crippen molar-refractivity contribution in [2.24, 2.45) is 5.92 Å². The lowest BCUT2D eigenvalue weighted by Crippen LogP contribution is -2.47. The van der Waals surface area contributed by atoms with Gasteiger partial charge in [0, 0.05) is 38.4 Å².